The zero-order valence-corrected chi connectivity index (χ0v) is 13.5. The Balaban J connectivity index is 2.12. The third-order valence-corrected chi connectivity index (χ3v) is 4.15. The number of likely N-dealkylation sites (tertiary alicyclic amines) is 1. The van der Waals surface area contributed by atoms with Gasteiger partial charge in [0.1, 0.15) is 17.9 Å². The van der Waals surface area contributed by atoms with Crippen molar-refractivity contribution in [2.24, 2.45) is 5.92 Å². The smallest absolute Gasteiger partial charge is 0.386 e. The second-order valence-corrected chi connectivity index (χ2v) is 6.71. The maximum Gasteiger partial charge on any atom is 0.386 e. The molecule has 0 aliphatic carbocycles. The van der Waals surface area contributed by atoms with Gasteiger partial charge in [-0.15, -0.1) is 0 Å². The van der Waals surface area contributed by atoms with Crippen molar-refractivity contribution in [2.75, 3.05) is 18.4 Å². The number of carbonyl (C=O) groups is 1. The van der Waals surface area contributed by atoms with Gasteiger partial charge in [0.15, 0.2) is 0 Å². The lowest BCUT2D eigenvalue weighted by Gasteiger charge is -2.36. The number of hydrogen-bond donors (Lipinski definition) is 2. The van der Waals surface area contributed by atoms with Crippen molar-refractivity contribution < 1.29 is 14.8 Å². The van der Waals surface area contributed by atoms with Gasteiger partial charge in [0.05, 0.1) is 0 Å². The lowest BCUT2D eigenvalue weighted by Crippen LogP contribution is -2.50. The number of aromatic nitrogens is 1. The van der Waals surface area contributed by atoms with Crippen molar-refractivity contribution in [3.63, 3.8) is 0 Å². The molecule has 1 aliphatic rings. The van der Waals surface area contributed by atoms with E-state index < -0.39 is 16.9 Å². The fourth-order valence-corrected chi connectivity index (χ4v) is 3.08. The third kappa shape index (κ3) is 3.76. The first-order chi connectivity index (χ1) is 10.7. The molecule has 2 rings (SSSR count). The Morgan fingerprint density at radius 3 is 2.83 bits per heavy atom. The zero-order chi connectivity index (χ0) is 17.2. The van der Waals surface area contributed by atoms with E-state index in [-0.39, 0.29) is 17.3 Å². The van der Waals surface area contributed by atoms with Gasteiger partial charge in [-0.3, -0.25) is 9.69 Å². The summed E-state index contributed by atoms with van der Waals surface area (Å²) in [6, 6.07) is 2.59. The number of pyridine rings is 1. The molecule has 8 nitrogen and oxygen atoms in total. The van der Waals surface area contributed by atoms with E-state index in [0.29, 0.717) is 18.8 Å². The van der Waals surface area contributed by atoms with E-state index >= 15 is 0 Å². The number of nitrogens with zero attached hydrogens (tertiary/aromatic N) is 3. The fraction of sp³-hybridized carbons (Fsp3) is 0.600. The van der Waals surface area contributed by atoms with Gasteiger partial charge in [0.25, 0.3) is 0 Å². The van der Waals surface area contributed by atoms with E-state index in [1.807, 2.05) is 25.7 Å². The Bertz CT molecular complexity index is 599. The summed E-state index contributed by atoms with van der Waals surface area (Å²) in [6.45, 7) is 7.03. The van der Waals surface area contributed by atoms with Gasteiger partial charge in [-0.2, -0.15) is 0 Å². The van der Waals surface area contributed by atoms with Crippen LogP contribution in [0.25, 0.3) is 0 Å². The SMILES string of the molecule is CC(C)(C)N1CC[C@@H](CNc2cccnc2[N+](=O)[O-])C1C(=O)O. The lowest BCUT2D eigenvalue weighted by atomic mass is 9.97. The van der Waals surface area contributed by atoms with Crippen molar-refractivity contribution in [1.82, 2.24) is 9.88 Å². The number of carboxylic acid groups (broad SMARTS) is 1. The van der Waals surface area contributed by atoms with Gasteiger partial charge in [0, 0.05) is 18.0 Å². The monoisotopic (exact) mass is 322 g/mol. The van der Waals surface area contributed by atoms with Crippen LogP contribution in [-0.4, -0.2) is 50.6 Å². The molecular formula is C15H22N4O4. The summed E-state index contributed by atoms with van der Waals surface area (Å²) in [4.78, 5) is 27.8. The molecule has 2 N–H and O–H groups in total. The van der Waals surface area contributed by atoms with Crippen molar-refractivity contribution in [3.05, 3.63) is 28.4 Å². The van der Waals surface area contributed by atoms with E-state index in [2.05, 4.69) is 10.3 Å². The second-order valence-electron chi connectivity index (χ2n) is 6.71. The molecule has 0 aromatic carbocycles. The minimum absolute atomic E-state index is 0.119. The predicted molar refractivity (Wildman–Crippen MR) is 85.4 cm³/mol. The normalized spacial score (nSPS) is 22.0. The summed E-state index contributed by atoms with van der Waals surface area (Å²) in [5.41, 5.74) is 0.0776. The molecular weight excluding hydrogens is 300 g/mol. The van der Waals surface area contributed by atoms with Crippen molar-refractivity contribution in [3.8, 4) is 0 Å². The molecule has 0 amide bonds. The molecule has 126 valence electrons. The zero-order valence-electron chi connectivity index (χ0n) is 13.5. The Labute approximate surface area is 134 Å². The van der Waals surface area contributed by atoms with Gasteiger partial charge in [-0.25, -0.2) is 0 Å². The van der Waals surface area contributed by atoms with E-state index in [1.165, 1.54) is 6.20 Å². The van der Waals surface area contributed by atoms with Gasteiger partial charge >= 0.3 is 11.8 Å². The van der Waals surface area contributed by atoms with E-state index in [9.17, 15) is 20.0 Å². The standard InChI is InChI=1S/C15H22N4O4/c1-15(2,3)18-8-6-10(12(18)14(20)21)9-17-11-5-4-7-16-13(11)19(22)23/h4-5,7,10,12,17H,6,8-9H2,1-3H3,(H,20,21)/t10-,12?/m0/s1. The summed E-state index contributed by atoms with van der Waals surface area (Å²) < 4.78 is 0. The average Bonchev–Trinajstić information content (AvgIpc) is 2.89. The molecule has 0 bridgehead atoms. The molecule has 2 heterocycles. The molecule has 0 spiro atoms. The Hall–Kier alpha value is -2.22. The number of aliphatic carboxylic acids is 1. The van der Waals surface area contributed by atoms with Crippen LogP contribution in [0.5, 0.6) is 0 Å². The summed E-state index contributed by atoms with van der Waals surface area (Å²) in [7, 11) is 0. The summed E-state index contributed by atoms with van der Waals surface area (Å²) in [6.07, 6.45) is 2.09. The van der Waals surface area contributed by atoms with Crippen molar-refractivity contribution >= 4 is 17.5 Å². The maximum absolute atomic E-state index is 11.7. The summed E-state index contributed by atoms with van der Waals surface area (Å²) >= 11 is 0. The van der Waals surface area contributed by atoms with Crippen LogP contribution in [0.3, 0.4) is 0 Å². The van der Waals surface area contributed by atoms with Crippen LogP contribution in [0.1, 0.15) is 27.2 Å². The number of nitrogens with one attached hydrogen (secondary N) is 1. The Morgan fingerprint density at radius 1 is 1.57 bits per heavy atom. The number of hydrogen-bond acceptors (Lipinski definition) is 6. The minimum Gasteiger partial charge on any atom is -0.480 e. The van der Waals surface area contributed by atoms with Crippen LogP contribution in [-0.2, 0) is 4.79 Å². The first kappa shape index (κ1) is 17.1. The molecule has 2 atom stereocenters. The Kier molecular flexibility index (Phi) is 4.84. The van der Waals surface area contributed by atoms with Crippen LogP contribution in [0.4, 0.5) is 11.5 Å². The quantitative estimate of drug-likeness (QED) is 0.630. The number of carboxylic acids is 1. The molecule has 1 fully saturated rings. The molecule has 1 aromatic rings. The van der Waals surface area contributed by atoms with Gasteiger partial charge in [-0.05, 0) is 55.8 Å². The van der Waals surface area contributed by atoms with Crippen LogP contribution >= 0.6 is 0 Å². The number of anilines is 1. The van der Waals surface area contributed by atoms with E-state index in [4.69, 9.17) is 0 Å². The second kappa shape index (κ2) is 6.49. The van der Waals surface area contributed by atoms with Crippen LogP contribution in [0.15, 0.2) is 18.3 Å². The van der Waals surface area contributed by atoms with Gasteiger partial charge < -0.3 is 20.5 Å². The predicted octanol–water partition coefficient (Wildman–Crippen LogP) is 1.98. The van der Waals surface area contributed by atoms with Crippen LogP contribution < -0.4 is 5.32 Å². The van der Waals surface area contributed by atoms with Gasteiger partial charge in [0.2, 0.25) is 0 Å². The van der Waals surface area contributed by atoms with Crippen molar-refractivity contribution in [1.29, 1.82) is 0 Å². The summed E-state index contributed by atoms with van der Waals surface area (Å²) in [5.74, 6) is -1.22. The molecule has 23 heavy (non-hydrogen) atoms. The summed E-state index contributed by atoms with van der Waals surface area (Å²) in [5, 5.41) is 23.5. The molecule has 8 heteroatoms. The molecule has 0 saturated carbocycles. The number of rotatable bonds is 5. The Morgan fingerprint density at radius 2 is 2.26 bits per heavy atom. The van der Waals surface area contributed by atoms with Crippen LogP contribution in [0.2, 0.25) is 0 Å². The van der Waals surface area contributed by atoms with Crippen LogP contribution in [0, 0.1) is 16.0 Å². The fourth-order valence-electron chi connectivity index (χ4n) is 3.08. The largest absolute Gasteiger partial charge is 0.480 e. The average molecular weight is 322 g/mol. The molecule has 1 aliphatic heterocycles. The van der Waals surface area contributed by atoms with Gasteiger partial charge in [-0.1, -0.05) is 0 Å². The minimum atomic E-state index is -0.857. The molecule has 1 aromatic heterocycles. The maximum atomic E-state index is 11.7. The first-order valence-electron chi connectivity index (χ1n) is 7.54. The highest BCUT2D eigenvalue weighted by Gasteiger charge is 2.43. The highest BCUT2D eigenvalue weighted by atomic mass is 16.6. The molecule has 1 saturated heterocycles. The molecule has 1 unspecified atom stereocenters. The highest BCUT2D eigenvalue weighted by Crippen LogP contribution is 2.32. The molecule has 0 radical (unpaired) electrons. The third-order valence-electron chi connectivity index (χ3n) is 4.15. The van der Waals surface area contributed by atoms with E-state index in [1.54, 1.807) is 12.1 Å². The highest BCUT2D eigenvalue weighted by molar-refractivity contribution is 5.74. The van der Waals surface area contributed by atoms with Crippen molar-refractivity contribution in [2.45, 2.75) is 38.8 Å². The number of nitro groups is 1. The first-order valence-corrected chi connectivity index (χ1v) is 7.54. The van der Waals surface area contributed by atoms with E-state index in [0.717, 1.165) is 6.42 Å². The topological polar surface area (TPSA) is 109 Å². The lowest BCUT2D eigenvalue weighted by molar-refractivity contribution is -0.388.